The zero-order valence-corrected chi connectivity index (χ0v) is 15.7. The molecule has 2 nitrogen and oxygen atoms in total. The number of rotatable bonds is 12. The molecule has 0 saturated heterocycles. The molecule has 0 aliphatic carbocycles. The van der Waals surface area contributed by atoms with Crippen molar-refractivity contribution in [2.75, 3.05) is 6.61 Å². The van der Waals surface area contributed by atoms with Gasteiger partial charge in [0.25, 0.3) is 0 Å². The summed E-state index contributed by atoms with van der Waals surface area (Å²) in [5.41, 5.74) is 0.0377. The lowest BCUT2D eigenvalue weighted by Gasteiger charge is -2.39. The monoisotopic (exact) mass is 488 g/mol. The van der Waals surface area contributed by atoms with Crippen molar-refractivity contribution in [2.24, 2.45) is 0 Å². The molecule has 0 spiro atoms. The van der Waals surface area contributed by atoms with Gasteiger partial charge in [-0.15, -0.1) is 0 Å². The molecular weight excluding hydrogens is 471 g/mol. The lowest BCUT2D eigenvalue weighted by atomic mass is 9.91. The minimum atomic E-state index is -7.88. The Labute approximate surface area is 167 Å². The predicted octanol–water partition coefficient (Wildman–Crippen LogP) is 6.80. The van der Waals surface area contributed by atoms with Gasteiger partial charge in [0.05, 0.1) is 6.61 Å². The van der Waals surface area contributed by atoms with Gasteiger partial charge in [0.15, 0.2) is 0 Å². The van der Waals surface area contributed by atoms with Crippen molar-refractivity contribution >= 4 is 5.97 Å². The van der Waals surface area contributed by atoms with Crippen molar-refractivity contribution in [2.45, 2.75) is 74.8 Å². The van der Waals surface area contributed by atoms with Crippen molar-refractivity contribution in [3.63, 3.8) is 0 Å². The van der Waals surface area contributed by atoms with Crippen LogP contribution >= 0.6 is 0 Å². The maximum absolute atomic E-state index is 13.5. The first kappa shape index (κ1) is 29.3. The van der Waals surface area contributed by atoms with Crippen molar-refractivity contribution < 1.29 is 66.6 Å². The first-order valence-corrected chi connectivity index (χ1v) is 8.36. The summed E-state index contributed by atoms with van der Waals surface area (Å²) in [5.74, 6) is -37.4. The second-order valence-corrected chi connectivity index (χ2v) is 6.58. The summed E-state index contributed by atoms with van der Waals surface area (Å²) < 4.78 is 172. The van der Waals surface area contributed by atoms with Crippen LogP contribution in [0.15, 0.2) is 12.2 Å². The maximum Gasteiger partial charge on any atom is 0.460 e. The molecule has 184 valence electrons. The van der Waals surface area contributed by atoms with Gasteiger partial charge in [0.1, 0.15) is 0 Å². The van der Waals surface area contributed by atoms with Gasteiger partial charge in [-0.05, 0) is 19.8 Å². The van der Waals surface area contributed by atoms with Gasteiger partial charge in [0, 0.05) is 12.0 Å². The first-order chi connectivity index (χ1) is 13.6. The summed E-state index contributed by atoms with van der Waals surface area (Å²) >= 11 is 0. The number of ether oxygens (including phenoxy) is 1. The highest BCUT2D eigenvalue weighted by atomic mass is 19.4. The number of carbonyl (C=O) groups is 1. The van der Waals surface area contributed by atoms with Crippen LogP contribution in [-0.4, -0.2) is 48.4 Å². The van der Waals surface area contributed by atoms with E-state index in [1.54, 1.807) is 0 Å². The predicted molar refractivity (Wildman–Crippen MR) is 79.6 cm³/mol. The van der Waals surface area contributed by atoms with Crippen molar-refractivity contribution in [1.29, 1.82) is 0 Å². The number of esters is 1. The number of unbranched alkanes of at least 4 members (excludes halogenated alkanes) is 3. The number of halogens is 13. The largest absolute Gasteiger partial charge is 0.462 e. The Balaban J connectivity index is 5.14. The van der Waals surface area contributed by atoms with Crippen LogP contribution < -0.4 is 0 Å². The summed E-state index contributed by atoms with van der Waals surface area (Å²) in [7, 11) is 0. The number of alkyl halides is 13. The highest BCUT2D eigenvalue weighted by molar-refractivity contribution is 5.86. The van der Waals surface area contributed by atoms with Crippen molar-refractivity contribution in [3.05, 3.63) is 12.2 Å². The summed E-state index contributed by atoms with van der Waals surface area (Å²) in [6.45, 7) is 4.32. The quantitative estimate of drug-likeness (QED) is 0.131. The summed E-state index contributed by atoms with van der Waals surface area (Å²) in [5, 5.41) is 0. The average Bonchev–Trinajstić information content (AvgIpc) is 2.58. The Morgan fingerprint density at radius 1 is 0.677 bits per heavy atom. The third-order valence-corrected chi connectivity index (χ3v) is 3.97. The SMILES string of the molecule is C=C(C)C(=O)OCCCCCCC(F)(F)C(F)(F)C(F)(F)C(F)(F)C(F)(F)C(F)(F)F. The molecule has 0 unspecified atom stereocenters. The Kier molecular flexibility index (Phi) is 8.91. The zero-order chi connectivity index (χ0) is 25.1. The van der Waals surface area contributed by atoms with Gasteiger partial charge < -0.3 is 4.74 Å². The van der Waals surface area contributed by atoms with Crippen LogP contribution in [0.3, 0.4) is 0 Å². The number of carbonyl (C=O) groups excluding carboxylic acids is 1. The van der Waals surface area contributed by atoms with E-state index in [1.165, 1.54) is 6.92 Å². The van der Waals surface area contributed by atoms with Gasteiger partial charge in [0.2, 0.25) is 0 Å². The van der Waals surface area contributed by atoms with Gasteiger partial charge >= 0.3 is 41.8 Å². The van der Waals surface area contributed by atoms with Gasteiger partial charge in [-0.25, -0.2) is 4.79 Å². The lowest BCUT2D eigenvalue weighted by Crippen LogP contribution is -2.70. The molecule has 0 N–H and O–H groups in total. The van der Waals surface area contributed by atoms with E-state index in [9.17, 15) is 61.9 Å². The van der Waals surface area contributed by atoms with Crippen LogP contribution in [0.1, 0.15) is 39.0 Å². The molecule has 0 atom stereocenters. The summed E-state index contributed by atoms with van der Waals surface area (Å²) in [6, 6.07) is 0. The lowest BCUT2D eigenvalue weighted by molar-refractivity contribution is -0.440. The van der Waals surface area contributed by atoms with Crippen LogP contribution in [-0.2, 0) is 9.53 Å². The smallest absolute Gasteiger partial charge is 0.460 e. The molecule has 0 heterocycles. The van der Waals surface area contributed by atoms with E-state index in [0.717, 1.165) is 0 Å². The van der Waals surface area contributed by atoms with Crippen LogP contribution in [0.25, 0.3) is 0 Å². The van der Waals surface area contributed by atoms with Crippen LogP contribution in [0.5, 0.6) is 0 Å². The average molecular weight is 488 g/mol. The standard InChI is InChI=1S/C16H17F13O2/c1-9(2)10(30)31-8-6-4-3-5-7-11(17,18)12(19,20)13(21,22)14(23,24)15(25,26)16(27,28)29/h1,3-8H2,2H3. The van der Waals surface area contributed by atoms with E-state index < -0.39 is 61.0 Å². The third-order valence-electron chi connectivity index (χ3n) is 3.97. The molecule has 0 aromatic heterocycles. The Morgan fingerprint density at radius 2 is 1.10 bits per heavy atom. The third kappa shape index (κ3) is 5.76. The molecule has 0 bridgehead atoms. The number of hydrogen-bond donors (Lipinski definition) is 0. The second kappa shape index (κ2) is 9.43. The van der Waals surface area contributed by atoms with Crippen molar-refractivity contribution in [1.82, 2.24) is 0 Å². The fraction of sp³-hybridized carbons (Fsp3) is 0.812. The maximum atomic E-state index is 13.5. The van der Waals surface area contributed by atoms with E-state index in [2.05, 4.69) is 11.3 Å². The highest BCUT2D eigenvalue weighted by Crippen LogP contribution is 2.60. The zero-order valence-electron chi connectivity index (χ0n) is 15.7. The molecule has 0 rings (SSSR count). The minimum Gasteiger partial charge on any atom is -0.462 e. The van der Waals surface area contributed by atoms with Gasteiger partial charge in [-0.3, -0.25) is 0 Å². The second-order valence-electron chi connectivity index (χ2n) is 6.58. The van der Waals surface area contributed by atoms with E-state index in [0.29, 0.717) is 0 Å². The molecule has 31 heavy (non-hydrogen) atoms. The fourth-order valence-corrected chi connectivity index (χ4v) is 2.05. The molecule has 0 aliphatic rings. The Morgan fingerprint density at radius 3 is 1.52 bits per heavy atom. The summed E-state index contributed by atoms with van der Waals surface area (Å²) in [4.78, 5) is 11.0. The molecule has 0 aliphatic heterocycles. The molecule has 0 radical (unpaired) electrons. The minimum absolute atomic E-state index is 0.00696. The molecular formula is C16H17F13O2. The molecule has 15 heteroatoms. The topological polar surface area (TPSA) is 26.3 Å². The van der Waals surface area contributed by atoms with E-state index in [-0.39, 0.29) is 25.0 Å². The Hall–Kier alpha value is -1.70. The normalized spacial score (nSPS) is 14.5. The molecule has 0 saturated carbocycles. The highest BCUT2D eigenvalue weighted by Gasteiger charge is 2.90. The van der Waals surface area contributed by atoms with E-state index in [1.807, 2.05) is 0 Å². The fourth-order valence-electron chi connectivity index (χ4n) is 2.05. The van der Waals surface area contributed by atoms with Crippen LogP contribution in [0.4, 0.5) is 57.1 Å². The van der Waals surface area contributed by atoms with Crippen molar-refractivity contribution in [3.8, 4) is 0 Å². The van der Waals surface area contributed by atoms with Crippen LogP contribution in [0.2, 0.25) is 0 Å². The Bertz CT molecular complexity index is 638. The summed E-state index contributed by atoms with van der Waals surface area (Å²) in [6.07, 6.45) is -11.1. The van der Waals surface area contributed by atoms with E-state index in [4.69, 9.17) is 0 Å². The molecule has 0 aromatic carbocycles. The van der Waals surface area contributed by atoms with E-state index >= 15 is 0 Å². The molecule has 0 fully saturated rings. The van der Waals surface area contributed by atoms with Crippen LogP contribution in [0, 0.1) is 0 Å². The number of hydrogen-bond acceptors (Lipinski definition) is 2. The first-order valence-electron chi connectivity index (χ1n) is 8.36. The van der Waals surface area contributed by atoms with Gasteiger partial charge in [-0.2, -0.15) is 57.1 Å². The molecule has 0 aromatic rings. The molecule has 0 amide bonds. The van der Waals surface area contributed by atoms with Gasteiger partial charge in [-0.1, -0.05) is 19.4 Å².